The predicted octanol–water partition coefficient (Wildman–Crippen LogP) is 5.64. The summed E-state index contributed by atoms with van der Waals surface area (Å²) in [5, 5.41) is 4.29. The van der Waals surface area contributed by atoms with Crippen molar-refractivity contribution in [3.8, 4) is 0 Å². The lowest BCUT2D eigenvalue weighted by Gasteiger charge is -2.17. The summed E-state index contributed by atoms with van der Waals surface area (Å²) in [6.07, 6.45) is 0. The highest BCUT2D eigenvalue weighted by molar-refractivity contribution is 6.31. The molecule has 0 amide bonds. The molecule has 0 saturated carbocycles. The van der Waals surface area contributed by atoms with Gasteiger partial charge in [0.05, 0.1) is 0 Å². The van der Waals surface area contributed by atoms with Gasteiger partial charge in [-0.15, -0.1) is 0 Å². The summed E-state index contributed by atoms with van der Waals surface area (Å²) >= 11 is 6.21. The average Bonchev–Trinajstić information content (AvgIpc) is 2.39. The van der Waals surface area contributed by atoms with Crippen molar-refractivity contribution in [1.29, 1.82) is 0 Å². The van der Waals surface area contributed by atoms with Crippen LogP contribution in [0.4, 0.5) is 5.69 Å². The van der Waals surface area contributed by atoms with Gasteiger partial charge in [-0.1, -0.05) is 55.8 Å². The third-order valence-electron chi connectivity index (χ3n) is 3.33. The molecular formula is C17H20ClN. The normalized spacial score (nSPS) is 12.5. The van der Waals surface area contributed by atoms with E-state index >= 15 is 0 Å². The van der Waals surface area contributed by atoms with Gasteiger partial charge in [0.2, 0.25) is 0 Å². The van der Waals surface area contributed by atoms with E-state index in [1.807, 2.05) is 18.2 Å². The van der Waals surface area contributed by atoms with E-state index in [1.54, 1.807) is 0 Å². The molecule has 0 aromatic heterocycles. The standard InChI is InChI=1S/C17H20ClN/c1-12(2)14-8-10-15(11-9-14)19-13(3)16-6-4-5-7-17(16)18/h4-13,19H,1-3H3. The molecule has 0 heterocycles. The van der Waals surface area contributed by atoms with E-state index in [4.69, 9.17) is 11.6 Å². The molecule has 0 spiro atoms. The summed E-state index contributed by atoms with van der Waals surface area (Å²) in [4.78, 5) is 0. The highest BCUT2D eigenvalue weighted by Gasteiger charge is 2.08. The Kier molecular flexibility index (Phi) is 4.49. The zero-order chi connectivity index (χ0) is 13.8. The number of rotatable bonds is 4. The summed E-state index contributed by atoms with van der Waals surface area (Å²) in [6, 6.07) is 16.7. The average molecular weight is 274 g/mol. The molecule has 0 saturated heterocycles. The first-order chi connectivity index (χ1) is 9.08. The van der Waals surface area contributed by atoms with Gasteiger partial charge in [-0.25, -0.2) is 0 Å². The fourth-order valence-corrected chi connectivity index (χ4v) is 2.42. The van der Waals surface area contributed by atoms with Crippen LogP contribution < -0.4 is 5.32 Å². The molecule has 2 aromatic rings. The Labute approximate surface area is 120 Å². The minimum atomic E-state index is 0.193. The highest BCUT2D eigenvalue weighted by Crippen LogP contribution is 2.26. The minimum Gasteiger partial charge on any atom is -0.378 e. The predicted molar refractivity (Wildman–Crippen MR) is 84.0 cm³/mol. The SMILES string of the molecule is CC(C)c1ccc(NC(C)c2ccccc2Cl)cc1. The van der Waals surface area contributed by atoms with E-state index in [-0.39, 0.29) is 6.04 Å². The van der Waals surface area contributed by atoms with Crippen LogP contribution in [0, 0.1) is 0 Å². The molecule has 2 heteroatoms. The summed E-state index contributed by atoms with van der Waals surface area (Å²) in [6.45, 7) is 6.53. The van der Waals surface area contributed by atoms with Crippen molar-refractivity contribution in [2.75, 3.05) is 5.32 Å². The van der Waals surface area contributed by atoms with Crippen LogP contribution in [0.5, 0.6) is 0 Å². The van der Waals surface area contributed by atoms with Crippen molar-refractivity contribution in [2.45, 2.75) is 32.7 Å². The molecule has 2 aromatic carbocycles. The molecule has 1 nitrogen and oxygen atoms in total. The van der Waals surface area contributed by atoms with Gasteiger partial charge in [0.15, 0.2) is 0 Å². The second-order valence-corrected chi connectivity index (χ2v) is 5.57. The Morgan fingerprint density at radius 1 is 0.895 bits per heavy atom. The Morgan fingerprint density at radius 3 is 2.11 bits per heavy atom. The van der Waals surface area contributed by atoms with Crippen molar-refractivity contribution in [1.82, 2.24) is 0 Å². The van der Waals surface area contributed by atoms with Crippen molar-refractivity contribution in [2.24, 2.45) is 0 Å². The van der Waals surface area contributed by atoms with Crippen molar-refractivity contribution < 1.29 is 0 Å². The van der Waals surface area contributed by atoms with Crippen LogP contribution >= 0.6 is 11.6 Å². The molecule has 100 valence electrons. The molecular weight excluding hydrogens is 254 g/mol. The maximum Gasteiger partial charge on any atom is 0.0500 e. The number of anilines is 1. The zero-order valence-corrected chi connectivity index (χ0v) is 12.4. The lowest BCUT2D eigenvalue weighted by atomic mass is 10.0. The number of hydrogen-bond donors (Lipinski definition) is 1. The van der Waals surface area contributed by atoms with Crippen molar-refractivity contribution >= 4 is 17.3 Å². The number of hydrogen-bond acceptors (Lipinski definition) is 1. The molecule has 2 rings (SSSR count). The van der Waals surface area contributed by atoms with Crippen molar-refractivity contribution in [3.05, 3.63) is 64.7 Å². The van der Waals surface area contributed by atoms with Crippen LogP contribution in [-0.4, -0.2) is 0 Å². The fraction of sp³-hybridized carbons (Fsp3) is 0.294. The first-order valence-electron chi connectivity index (χ1n) is 6.69. The first-order valence-corrected chi connectivity index (χ1v) is 7.06. The molecule has 1 unspecified atom stereocenters. The molecule has 0 aliphatic rings. The van der Waals surface area contributed by atoms with Crippen LogP contribution in [0.2, 0.25) is 5.02 Å². The second kappa shape index (κ2) is 6.12. The summed E-state index contributed by atoms with van der Waals surface area (Å²) in [7, 11) is 0. The van der Waals surface area contributed by atoms with Gasteiger partial charge in [0, 0.05) is 16.8 Å². The number of benzene rings is 2. The molecule has 1 atom stereocenters. The lowest BCUT2D eigenvalue weighted by Crippen LogP contribution is -2.07. The Hall–Kier alpha value is -1.47. The van der Waals surface area contributed by atoms with Crippen LogP contribution in [0.3, 0.4) is 0 Å². The molecule has 0 fully saturated rings. The Bertz CT molecular complexity index is 531. The van der Waals surface area contributed by atoms with E-state index in [0.717, 1.165) is 16.3 Å². The smallest absolute Gasteiger partial charge is 0.0500 e. The summed E-state index contributed by atoms with van der Waals surface area (Å²) in [5.41, 5.74) is 3.60. The second-order valence-electron chi connectivity index (χ2n) is 5.16. The maximum absolute atomic E-state index is 6.21. The fourth-order valence-electron chi connectivity index (χ4n) is 2.12. The first kappa shape index (κ1) is 14.0. The number of nitrogens with one attached hydrogen (secondary N) is 1. The number of halogens is 1. The van der Waals surface area contributed by atoms with E-state index in [1.165, 1.54) is 5.56 Å². The molecule has 1 N–H and O–H groups in total. The molecule has 19 heavy (non-hydrogen) atoms. The zero-order valence-electron chi connectivity index (χ0n) is 11.7. The summed E-state index contributed by atoms with van der Waals surface area (Å²) < 4.78 is 0. The third kappa shape index (κ3) is 3.51. The molecule has 0 radical (unpaired) electrons. The van der Waals surface area contributed by atoms with Gasteiger partial charge in [-0.2, -0.15) is 0 Å². The summed E-state index contributed by atoms with van der Waals surface area (Å²) in [5.74, 6) is 0.565. The maximum atomic E-state index is 6.21. The van der Waals surface area contributed by atoms with Gasteiger partial charge in [-0.3, -0.25) is 0 Å². The van der Waals surface area contributed by atoms with Gasteiger partial charge >= 0.3 is 0 Å². The van der Waals surface area contributed by atoms with Crippen LogP contribution in [0.1, 0.15) is 43.9 Å². The molecule has 0 bridgehead atoms. The van der Waals surface area contributed by atoms with Gasteiger partial charge in [-0.05, 0) is 42.2 Å². The van der Waals surface area contributed by atoms with Gasteiger partial charge in [0.25, 0.3) is 0 Å². The van der Waals surface area contributed by atoms with E-state index in [0.29, 0.717) is 5.92 Å². The van der Waals surface area contributed by atoms with E-state index < -0.39 is 0 Å². The Morgan fingerprint density at radius 2 is 1.53 bits per heavy atom. The lowest BCUT2D eigenvalue weighted by molar-refractivity contribution is 0.862. The monoisotopic (exact) mass is 273 g/mol. The van der Waals surface area contributed by atoms with Crippen LogP contribution in [0.25, 0.3) is 0 Å². The largest absolute Gasteiger partial charge is 0.378 e. The molecule has 0 aliphatic heterocycles. The minimum absolute atomic E-state index is 0.193. The highest BCUT2D eigenvalue weighted by atomic mass is 35.5. The van der Waals surface area contributed by atoms with Crippen LogP contribution in [0.15, 0.2) is 48.5 Å². The topological polar surface area (TPSA) is 12.0 Å². The quantitative estimate of drug-likeness (QED) is 0.760. The molecule has 0 aliphatic carbocycles. The van der Waals surface area contributed by atoms with E-state index in [9.17, 15) is 0 Å². The van der Waals surface area contributed by atoms with Crippen LogP contribution in [-0.2, 0) is 0 Å². The van der Waals surface area contributed by atoms with Gasteiger partial charge < -0.3 is 5.32 Å². The third-order valence-corrected chi connectivity index (χ3v) is 3.68. The van der Waals surface area contributed by atoms with Crippen molar-refractivity contribution in [3.63, 3.8) is 0 Å². The van der Waals surface area contributed by atoms with E-state index in [2.05, 4.69) is 56.4 Å². The van der Waals surface area contributed by atoms with Gasteiger partial charge in [0.1, 0.15) is 0 Å². The Balaban J connectivity index is 2.11.